The van der Waals surface area contributed by atoms with Gasteiger partial charge in [-0.25, -0.2) is 4.98 Å². The molecule has 4 nitrogen and oxygen atoms in total. The van der Waals surface area contributed by atoms with Crippen molar-refractivity contribution < 1.29 is 14.0 Å². The number of carbonyl (C=O) groups excluding carboxylic acids is 2. The zero-order valence-corrected chi connectivity index (χ0v) is 10.4. The van der Waals surface area contributed by atoms with Crippen LogP contribution in [0, 0.1) is 17.8 Å². The molecule has 0 N–H and O–H groups in total. The van der Waals surface area contributed by atoms with Crippen LogP contribution in [-0.2, 0) is 4.79 Å². The van der Waals surface area contributed by atoms with Crippen molar-refractivity contribution in [2.75, 3.05) is 6.54 Å². The van der Waals surface area contributed by atoms with Gasteiger partial charge in [-0.2, -0.15) is 4.39 Å². The zero-order chi connectivity index (χ0) is 13.3. The maximum atomic E-state index is 12.9. The highest BCUT2D eigenvalue weighted by atomic mass is 19.1. The number of halogens is 1. The van der Waals surface area contributed by atoms with E-state index in [-0.39, 0.29) is 17.5 Å². The molecule has 2 amide bonds. The predicted molar refractivity (Wildman–Crippen MR) is 63.2 cm³/mol. The summed E-state index contributed by atoms with van der Waals surface area (Å²) in [5.74, 6) is -0.914. The van der Waals surface area contributed by atoms with Crippen molar-refractivity contribution in [2.45, 2.75) is 20.3 Å². The van der Waals surface area contributed by atoms with Crippen LogP contribution in [0.1, 0.15) is 30.8 Å². The van der Waals surface area contributed by atoms with Gasteiger partial charge >= 0.3 is 0 Å². The molecule has 96 valence electrons. The van der Waals surface area contributed by atoms with Gasteiger partial charge in [0.15, 0.2) is 0 Å². The largest absolute Gasteiger partial charge is 0.279 e. The molecule has 1 saturated heterocycles. The van der Waals surface area contributed by atoms with E-state index in [4.69, 9.17) is 0 Å². The molecule has 5 heteroatoms. The molecule has 18 heavy (non-hydrogen) atoms. The average Bonchev–Trinajstić information content (AvgIpc) is 2.70. The second-order valence-electron chi connectivity index (χ2n) is 4.86. The van der Waals surface area contributed by atoms with Crippen LogP contribution in [0.3, 0.4) is 0 Å². The Balaban J connectivity index is 2.17. The molecule has 0 radical (unpaired) electrons. The van der Waals surface area contributed by atoms with Crippen LogP contribution < -0.4 is 0 Å². The molecule has 0 bridgehead atoms. The third-order valence-corrected chi connectivity index (χ3v) is 3.28. The summed E-state index contributed by atoms with van der Waals surface area (Å²) in [6, 6.07) is 4.00. The van der Waals surface area contributed by atoms with Gasteiger partial charge in [0.1, 0.15) is 5.69 Å². The molecule has 1 unspecified atom stereocenters. The molecular formula is C13H15FN2O2. The van der Waals surface area contributed by atoms with Gasteiger partial charge in [-0.3, -0.25) is 14.5 Å². The number of carbonyl (C=O) groups is 2. The number of aromatic nitrogens is 1. The average molecular weight is 250 g/mol. The Morgan fingerprint density at radius 3 is 2.78 bits per heavy atom. The van der Waals surface area contributed by atoms with Gasteiger partial charge in [0.25, 0.3) is 5.91 Å². The molecule has 0 saturated carbocycles. The maximum absolute atomic E-state index is 12.9. The van der Waals surface area contributed by atoms with Crippen molar-refractivity contribution in [1.82, 2.24) is 9.88 Å². The molecule has 0 aliphatic carbocycles. The van der Waals surface area contributed by atoms with Gasteiger partial charge < -0.3 is 0 Å². The zero-order valence-electron chi connectivity index (χ0n) is 10.4. The number of hydrogen-bond donors (Lipinski definition) is 0. The molecule has 1 aliphatic heterocycles. The minimum atomic E-state index is -0.715. The van der Waals surface area contributed by atoms with E-state index in [1.165, 1.54) is 23.1 Å². The number of likely N-dealkylation sites (tertiary alicyclic amines) is 1. The smallest absolute Gasteiger partial charge is 0.277 e. The van der Waals surface area contributed by atoms with Crippen LogP contribution >= 0.6 is 0 Å². The Kier molecular flexibility index (Phi) is 3.41. The topological polar surface area (TPSA) is 50.3 Å². The molecule has 2 rings (SSSR count). The molecule has 1 atom stereocenters. The van der Waals surface area contributed by atoms with E-state index in [1.54, 1.807) is 0 Å². The normalized spacial score (nSPS) is 19.7. The maximum Gasteiger partial charge on any atom is 0.279 e. The minimum Gasteiger partial charge on any atom is -0.277 e. The molecule has 1 aromatic heterocycles. The van der Waals surface area contributed by atoms with E-state index in [9.17, 15) is 14.0 Å². The molecular weight excluding hydrogens is 235 g/mol. The summed E-state index contributed by atoms with van der Waals surface area (Å²) in [7, 11) is 0. The fourth-order valence-electron chi connectivity index (χ4n) is 2.04. The molecule has 1 aliphatic rings. The van der Waals surface area contributed by atoms with Crippen molar-refractivity contribution in [3.05, 3.63) is 29.8 Å². The minimum absolute atomic E-state index is 0.0206. The first kappa shape index (κ1) is 12.7. The SMILES string of the molecule is CC(C)C1CC(=O)N(C(=O)c2cccc(F)n2)C1. The highest BCUT2D eigenvalue weighted by molar-refractivity contribution is 6.04. The van der Waals surface area contributed by atoms with Gasteiger partial charge in [-0.05, 0) is 24.0 Å². The van der Waals surface area contributed by atoms with Gasteiger partial charge in [0.05, 0.1) is 0 Å². The Hall–Kier alpha value is -1.78. The molecule has 0 aromatic carbocycles. The van der Waals surface area contributed by atoms with Gasteiger partial charge in [-0.15, -0.1) is 0 Å². The van der Waals surface area contributed by atoms with Gasteiger partial charge in [0.2, 0.25) is 11.9 Å². The number of pyridine rings is 1. The third kappa shape index (κ3) is 2.39. The predicted octanol–water partition coefficient (Wildman–Crippen LogP) is 1.87. The van der Waals surface area contributed by atoms with Crippen molar-refractivity contribution in [2.24, 2.45) is 11.8 Å². The van der Waals surface area contributed by atoms with Gasteiger partial charge in [-0.1, -0.05) is 19.9 Å². The Morgan fingerprint density at radius 1 is 1.50 bits per heavy atom. The van der Waals surface area contributed by atoms with Crippen LogP contribution in [0.4, 0.5) is 4.39 Å². The summed E-state index contributed by atoms with van der Waals surface area (Å²) in [5, 5.41) is 0. The summed E-state index contributed by atoms with van der Waals surface area (Å²) < 4.78 is 12.9. The lowest BCUT2D eigenvalue weighted by Gasteiger charge is -2.15. The van der Waals surface area contributed by atoms with E-state index in [0.29, 0.717) is 18.9 Å². The fourth-order valence-corrected chi connectivity index (χ4v) is 2.04. The van der Waals surface area contributed by atoms with Crippen LogP contribution in [0.25, 0.3) is 0 Å². The summed E-state index contributed by atoms with van der Waals surface area (Å²) in [6.07, 6.45) is 0.374. The lowest BCUT2D eigenvalue weighted by atomic mass is 9.95. The van der Waals surface area contributed by atoms with Gasteiger partial charge in [0, 0.05) is 13.0 Å². The van der Waals surface area contributed by atoms with Crippen LogP contribution in [-0.4, -0.2) is 28.2 Å². The van der Waals surface area contributed by atoms with E-state index in [0.717, 1.165) is 0 Å². The Morgan fingerprint density at radius 2 is 2.22 bits per heavy atom. The molecule has 2 heterocycles. The second-order valence-corrected chi connectivity index (χ2v) is 4.86. The van der Waals surface area contributed by atoms with Crippen molar-refractivity contribution >= 4 is 11.8 Å². The lowest BCUT2D eigenvalue weighted by molar-refractivity contribution is -0.125. The number of amides is 2. The molecule has 1 aromatic rings. The standard InChI is InChI=1S/C13H15FN2O2/c1-8(2)9-6-12(17)16(7-9)13(18)10-4-3-5-11(14)15-10/h3-5,8-9H,6-7H2,1-2H3. The second kappa shape index (κ2) is 4.84. The van der Waals surface area contributed by atoms with Crippen molar-refractivity contribution in [3.8, 4) is 0 Å². The summed E-state index contributed by atoms with van der Waals surface area (Å²) >= 11 is 0. The van der Waals surface area contributed by atoms with Crippen LogP contribution in [0.2, 0.25) is 0 Å². The number of hydrogen-bond acceptors (Lipinski definition) is 3. The van der Waals surface area contributed by atoms with E-state index in [2.05, 4.69) is 4.98 Å². The monoisotopic (exact) mass is 250 g/mol. The quantitative estimate of drug-likeness (QED) is 0.594. The first-order chi connectivity index (χ1) is 8.49. The Bertz CT molecular complexity index is 488. The van der Waals surface area contributed by atoms with E-state index in [1.807, 2.05) is 13.8 Å². The first-order valence-electron chi connectivity index (χ1n) is 5.96. The lowest BCUT2D eigenvalue weighted by Crippen LogP contribution is -2.33. The Labute approximate surface area is 105 Å². The first-order valence-corrected chi connectivity index (χ1v) is 5.96. The highest BCUT2D eigenvalue weighted by Gasteiger charge is 2.36. The van der Waals surface area contributed by atoms with Crippen LogP contribution in [0.5, 0.6) is 0 Å². The van der Waals surface area contributed by atoms with Crippen molar-refractivity contribution in [3.63, 3.8) is 0 Å². The number of rotatable bonds is 2. The number of nitrogens with zero attached hydrogens (tertiary/aromatic N) is 2. The van der Waals surface area contributed by atoms with Crippen molar-refractivity contribution in [1.29, 1.82) is 0 Å². The third-order valence-electron chi connectivity index (χ3n) is 3.28. The fraction of sp³-hybridized carbons (Fsp3) is 0.462. The summed E-state index contributed by atoms with van der Waals surface area (Å²) in [6.45, 7) is 4.44. The summed E-state index contributed by atoms with van der Waals surface area (Å²) in [5.41, 5.74) is -0.0206. The van der Waals surface area contributed by atoms with Crippen LogP contribution in [0.15, 0.2) is 18.2 Å². The van der Waals surface area contributed by atoms with E-state index < -0.39 is 11.9 Å². The molecule has 1 fully saturated rings. The summed E-state index contributed by atoms with van der Waals surface area (Å²) in [4.78, 5) is 28.5. The van der Waals surface area contributed by atoms with E-state index >= 15 is 0 Å². The number of imide groups is 1. The molecule has 0 spiro atoms. The highest BCUT2D eigenvalue weighted by Crippen LogP contribution is 2.25.